The molecule has 3 N–H and O–H groups in total. The van der Waals surface area contributed by atoms with E-state index in [1.807, 2.05) is 12.1 Å². The summed E-state index contributed by atoms with van der Waals surface area (Å²) < 4.78 is 0. The van der Waals surface area contributed by atoms with Crippen molar-refractivity contribution in [1.82, 2.24) is 0 Å². The highest BCUT2D eigenvalue weighted by Crippen LogP contribution is 2.23. The highest BCUT2D eigenvalue weighted by atomic mass is 16.3. The summed E-state index contributed by atoms with van der Waals surface area (Å²) in [6, 6.07) is 7.86. The lowest BCUT2D eigenvalue weighted by Crippen LogP contribution is -2.34. The van der Waals surface area contributed by atoms with Crippen LogP contribution in [0.3, 0.4) is 0 Å². The van der Waals surface area contributed by atoms with Crippen molar-refractivity contribution < 1.29 is 5.11 Å². The minimum atomic E-state index is -0.869. The van der Waals surface area contributed by atoms with Gasteiger partial charge in [0, 0.05) is 0 Å². The highest BCUT2D eigenvalue weighted by Gasteiger charge is 2.24. The normalized spacial score (nSPS) is 13.9. The van der Waals surface area contributed by atoms with E-state index in [-0.39, 0.29) is 6.04 Å². The SMILES string of the molecule is CCCc1ccc(C(N)C(C)(C)O)cc1. The van der Waals surface area contributed by atoms with E-state index in [1.54, 1.807) is 13.8 Å². The molecule has 0 bridgehead atoms. The highest BCUT2D eigenvalue weighted by molar-refractivity contribution is 5.26. The van der Waals surface area contributed by atoms with Crippen LogP contribution in [0.4, 0.5) is 0 Å². The Balaban J connectivity index is 2.80. The molecule has 84 valence electrons. The summed E-state index contributed by atoms with van der Waals surface area (Å²) in [7, 11) is 0. The number of hydrogen-bond donors (Lipinski definition) is 2. The molecule has 1 aromatic rings. The molecule has 0 heterocycles. The van der Waals surface area contributed by atoms with Gasteiger partial charge in [0.25, 0.3) is 0 Å². The van der Waals surface area contributed by atoms with Crippen LogP contribution in [0.15, 0.2) is 24.3 Å². The van der Waals surface area contributed by atoms with Crippen LogP contribution in [0.2, 0.25) is 0 Å². The summed E-state index contributed by atoms with van der Waals surface area (Å²) in [4.78, 5) is 0. The van der Waals surface area contributed by atoms with E-state index in [2.05, 4.69) is 19.1 Å². The number of aryl methyl sites for hydroxylation is 1. The van der Waals surface area contributed by atoms with Gasteiger partial charge in [-0.05, 0) is 31.4 Å². The zero-order valence-corrected chi connectivity index (χ0v) is 9.83. The number of rotatable bonds is 4. The second kappa shape index (κ2) is 4.77. The predicted octanol–water partition coefficient (Wildman–Crippen LogP) is 2.41. The van der Waals surface area contributed by atoms with Crippen molar-refractivity contribution in [2.75, 3.05) is 0 Å². The Labute approximate surface area is 92.1 Å². The molecule has 0 radical (unpaired) electrons. The fourth-order valence-corrected chi connectivity index (χ4v) is 1.59. The van der Waals surface area contributed by atoms with Crippen LogP contribution in [-0.4, -0.2) is 10.7 Å². The fraction of sp³-hybridized carbons (Fsp3) is 0.538. The van der Waals surface area contributed by atoms with Gasteiger partial charge in [-0.2, -0.15) is 0 Å². The van der Waals surface area contributed by atoms with Crippen molar-refractivity contribution in [3.8, 4) is 0 Å². The number of nitrogens with two attached hydrogens (primary N) is 1. The maximum atomic E-state index is 9.79. The van der Waals surface area contributed by atoms with Gasteiger partial charge >= 0.3 is 0 Å². The Morgan fingerprint density at radius 2 is 1.80 bits per heavy atom. The molecule has 0 amide bonds. The molecule has 0 fully saturated rings. The fourth-order valence-electron chi connectivity index (χ4n) is 1.59. The van der Waals surface area contributed by atoms with Gasteiger partial charge in [0.2, 0.25) is 0 Å². The van der Waals surface area contributed by atoms with E-state index in [1.165, 1.54) is 5.56 Å². The first-order valence-corrected chi connectivity index (χ1v) is 5.52. The van der Waals surface area contributed by atoms with Crippen molar-refractivity contribution in [1.29, 1.82) is 0 Å². The van der Waals surface area contributed by atoms with Crippen LogP contribution >= 0.6 is 0 Å². The summed E-state index contributed by atoms with van der Waals surface area (Å²) in [6.07, 6.45) is 2.24. The molecule has 0 saturated heterocycles. The number of hydrogen-bond acceptors (Lipinski definition) is 2. The van der Waals surface area contributed by atoms with Crippen LogP contribution in [0.25, 0.3) is 0 Å². The van der Waals surface area contributed by atoms with Gasteiger partial charge in [0.15, 0.2) is 0 Å². The van der Waals surface area contributed by atoms with Gasteiger partial charge < -0.3 is 10.8 Å². The largest absolute Gasteiger partial charge is 0.388 e. The molecule has 0 aliphatic rings. The van der Waals surface area contributed by atoms with Crippen molar-refractivity contribution in [3.05, 3.63) is 35.4 Å². The van der Waals surface area contributed by atoms with Gasteiger partial charge in [0.05, 0.1) is 11.6 Å². The Kier molecular flexibility index (Phi) is 3.89. The molecular weight excluding hydrogens is 186 g/mol. The van der Waals surface area contributed by atoms with Gasteiger partial charge in [-0.1, -0.05) is 37.6 Å². The summed E-state index contributed by atoms with van der Waals surface area (Å²) >= 11 is 0. The first-order chi connectivity index (χ1) is 6.95. The van der Waals surface area contributed by atoms with Crippen molar-refractivity contribution in [2.24, 2.45) is 5.73 Å². The standard InChI is InChI=1S/C13H21NO/c1-4-5-10-6-8-11(9-7-10)12(14)13(2,3)15/h6-9,12,15H,4-5,14H2,1-3H3. The second-order valence-corrected chi connectivity index (χ2v) is 4.62. The van der Waals surface area contributed by atoms with Crippen LogP contribution in [0.5, 0.6) is 0 Å². The molecule has 1 unspecified atom stereocenters. The van der Waals surface area contributed by atoms with Gasteiger partial charge in [-0.25, -0.2) is 0 Å². The van der Waals surface area contributed by atoms with Crippen molar-refractivity contribution in [3.63, 3.8) is 0 Å². The van der Waals surface area contributed by atoms with Crippen molar-refractivity contribution in [2.45, 2.75) is 45.3 Å². The monoisotopic (exact) mass is 207 g/mol. The molecular formula is C13H21NO. The van der Waals surface area contributed by atoms with Gasteiger partial charge in [-0.3, -0.25) is 0 Å². The third-order valence-corrected chi connectivity index (χ3v) is 2.64. The molecule has 0 aliphatic carbocycles. The minimum Gasteiger partial charge on any atom is -0.388 e. The first kappa shape index (κ1) is 12.2. The summed E-state index contributed by atoms with van der Waals surface area (Å²) in [5, 5.41) is 9.79. The summed E-state index contributed by atoms with van der Waals surface area (Å²) in [5.74, 6) is 0. The van der Waals surface area contributed by atoms with E-state index >= 15 is 0 Å². The van der Waals surface area contributed by atoms with Crippen LogP contribution in [0, 0.1) is 0 Å². The van der Waals surface area contributed by atoms with E-state index in [0.29, 0.717) is 0 Å². The lowest BCUT2D eigenvalue weighted by Gasteiger charge is -2.26. The maximum absolute atomic E-state index is 9.79. The second-order valence-electron chi connectivity index (χ2n) is 4.62. The lowest BCUT2D eigenvalue weighted by molar-refractivity contribution is 0.0517. The third-order valence-electron chi connectivity index (χ3n) is 2.64. The van der Waals surface area contributed by atoms with E-state index in [4.69, 9.17) is 5.73 Å². The average Bonchev–Trinajstić information content (AvgIpc) is 2.17. The molecule has 2 nitrogen and oxygen atoms in total. The first-order valence-electron chi connectivity index (χ1n) is 5.52. The average molecular weight is 207 g/mol. The number of benzene rings is 1. The third kappa shape index (κ3) is 3.33. The number of aliphatic hydroxyl groups is 1. The minimum absolute atomic E-state index is 0.326. The van der Waals surface area contributed by atoms with Crippen LogP contribution < -0.4 is 5.73 Å². The molecule has 0 aromatic heterocycles. The molecule has 0 spiro atoms. The van der Waals surface area contributed by atoms with Gasteiger partial charge in [-0.15, -0.1) is 0 Å². The Morgan fingerprint density at radius 3 is 2.20 bits per heavy atom. The molecule has 2 heteroatoms. The Hall–Kier alpha value is -0.860. The van der Waals surface area contributed by atoms with Crippen LogP contribution in [-0.2, 0) is 6.42 Å². The van der Waals surface area contributed by atoms with E-state index in [0.717, 1.165) is 18.4 Å². The molecule has 15 heavy (non-hydrogen) atoms. The quantitative estimate of drug-likeness (QED) is 0.796. The van der Waals surface area contributed by atoms with E-state index in [9.17, 15) is 5.11 Å². The molecule has 1 aromatic carbocycles. The summed E-state index contributed by atoms with van der Waals surface area (Å²) in [5.41, 5.74) is 7.39. The van der Waals surface area contributed by atoms with Crippen molar-refractivity contribution >= 4 is 0 Å². The molecule has 0 saturated carbocycles. The summed E-state index contributed by atoms with van der Waals surface area (Å²) in [6.45, 7) is 5.63. The Morgan fingerprint density at radius 1 is 1.27 bits per heavy atom. The Bertz CT molecular complexity index is 297. The van der Waals surface area contributed by atoms with E-state index < -0.39 is 5.60 Å². The topological polar surface area (TPSA) is 46.2 Å². The lowest BCUT2D eigenvalue weighted by atomic mass is 9.92. The maximum Gasteiger partial charge on any atom is 0.0783 e. The molecule has 0 aliphatic heterocycles. The predicted molar refractivity (Wildman–Crippen MR) is 63.7 cm³/mol. The molecule has 1 atom stereocenters. The smallest absolute Gasteiger partial charge is 0.0783 e. The van der Waals surface area contributed by atoms with Gasteiger partial charge in [0.1, 0.15) is 0 Å². The zero-order chi connectivity index (χ0) is 11.5. The van der Waals surface area contributed by atoms with Crippen LogP contribution in [0.1, 0.15) is 44.4 Å². The molecule has 1 rings (SSSR count). The zero-order valence-electron chi connectivity index (χ0n) is 9.83.